The fourth-order valence-corrected chi connectivity index (χ4v) is 2.73. The van der Waals surface area contributed by atoms with E-state index in [1.807, 2.05) is 13.8 Å². The summed E-state index contributed by atoms with van der Waals surface area (Å²) in [6.07, 6.45) is -0.587. The number of imide groups is 1. The van der Waals surface area contributed by atoms with E-state index in [0.29, 0.717) is 5.06 Å². The molecule has 1 aliphatic rings. The molecule has 1 aliphatic heterocycles. The topological polar surface area (TPSA) is 131 Å². The molecule has 0 bridgehead atoms. The molecule has 10 heteroatoms. The first-order chi connectivity index (χ1) is 13.7. The van der Waals surface area contributed by atoms with Crippen molar-refractivity contribution in [3.05, 3.63) is 0 Å². The molecular formula is C20H33N3O7. The number of amides is 4. The maximum atomic E-state index is 12.8. The Kier molecular flexibility index (Phi) is 8.80. The Morgan fingerprint density at radius 2 is 1.53 bits per heavy atom. The van der Waals surface area contributed by atoms with E-state index >= 15 is 0 Å². The van der Waals surface area contributed by atoms with Crippen LogP contribution in [0, 0.1) is 11.8 Å². The number of hydrogen-bond acceptors (Lipinski definition) is 7. The zero-order valence-electron chi connectivity index (χ0n) is 18.7. The van der Waals surface area contributed by atoms with E-state index in [1.165, 1.54) is 0 Å². The third-order valence-corrected chi connectivity index (χ3v) is 4.12. The first-order valence-corrected chi connectivity index (χ1v) is 10.1. The van der Waals surface area contributed by atoms with Crippen LogP contribution >= 0.6 is 0 Å². The lowest BCUT2D eigenvalue weighted by Gasteiger charge is -2.27. The van der Waals surface area contributed by atoms with Gasteiger partial charge in [0, 0.05) is 12.8 Å². The summed E-state index contributed by atoms with van der Waals surface area (Å²) in [5, 5.41) is 5.53. The van der Waals surface area contributed by atoms with Crippen LogP contribution in [-0.4, -0.2) is 52.5 Å². The molecule has 0 radical (unpaired) electrons. The SMILES string of the molecule is CC(C)C[C@@H](NC(=O)[C@@H](NC(=O)OC(C)(C)C)C(C)C)C(=O)ON1C(=O)CCC1=O. The molecule has 170 valence electrons. The molecule has 0 unspecified atom stereocenters. The van der Waals surface area contributed by atoms with E-state index in [2.05, 4.69) is 10.6 Å². The van der Waals surface area contributed by atoms with Crippen molar-refractivity contribution in [2.45, 2.75) is 85.4 Å². The molecule has 0 aromatic carbocycles. The van der Waals surface area contributed by atoms with Gasteiger partial charge in [-0.2, -0.15) is 0 Å². The van der Waals surface area contributed by atoms with Gasteiger partial charge in [-0.05, 0) is 39.0 Å². The summed E-state index contributed by atoms with van der Waals surface area (Å²) in [7, 11) is 0. The number of hydrogen-bond donors (Lipinski definition) is 2. The minimum Gasteiger partial charge on any atom is -0.444 e. The van der Waals surface area contributed by atoms with Crippen molar-refractivity contribution >= 4 is 29.8 Å². The van der Waals surface area contributed by atoms with Crippen LogP contribution in [0.4, 0.5) is 4.79 Å². The molecule has 0 aromatic heterocycles. The lowest BCUT2D eigenvalue weighted by Crippen LogP contribution is -2.55. The van der Waals surface area contributed by atoms with Crippen LogP contribution in [0.2, 0.25) is 0 Å². The predicted molar refractivity (Wildman–Crippen MR) is 107 cm³/mol. The van der Waals surface area contributed by atoms with E-state index in [9.17, 15) is 24.0 Å². The van der Waals surface area contributed by atoms with Crippen molar-refractivity contribution < 1.29 is 33.5 Å². The lowest BCUT2D eigenvalue weighted by atomic mass is 10.0. The Balaban J connectivity index is 2.88. The van der Waals surface area contributed by atoms with Gasteiger partial charge in [-0.25, -0.2) is 9.59 Å². The van der Waals surface area contributed by atoms with Gasteiger partial charge in [0.2, 0.25) is 5.91 Å². The molecule has 0 aromatic rings. The molecular weight excluding hydrogens is 394 g/mol. The van der Waals surface area contributed by atoms with Crippen molar-refractivity contribution in [2.75, 3.05) is 0 Å². The van der Waals surface area contributed by atoms with Gasteiger partial charge in [0.15, 0.2) is 0 Å². The number of ether oxygens (including phenoxy) is 1. The van der Waals surface area contributed by atoms with Crippen LogP contribution in [-0.2, 0) is 28.8 Å². The second-order valence-electron chi connectivity index (χ2n) is 9.05. The van der Waals surface area contributed by atoms with Crippen LogP contribution in [0.25, 0.3) is 0 Å². The van der Waals surface area contributed by atoms with Gasteiger partial charge < -0.3 is 20.2 Å². The van der Waals surface area contributed by atoms with Crippen molar-refractivity contribution in [3.8, 4) is 0 Å². The average molecular weight is 427 g/mol. The highest BCUT2D eigenvalue weighted by atomic mass is 16.7. The van der Waals surface area contributed by atoms with Crippen molar-refractivity contribution in [3.63, 3.8) is 0 Å². The van der Waals surface area contributed by atoms with Crippen molar-refractivity contribution in [2.24, 2.45) is 11.8 Å². The number of carbonyl (C=O) groups is 5. The Morgan fingerprint density at radius 1 is 1.00 bits per heavy atom. The van der Waals surface area contributed by atoms with E-state index in [1.54, 1.807) is 34.6 Å². The first-order valence-electron chi connectivity index (χ1n) is 10.1. The number of nitrogens with one attached hydrogen (secondary N) is 2. The van der Waals surface area contributed by atoms with Gasteiger partial charge >= 0.3 is 12.1 Å². The van der Waals surface area contributed by atoms with Crippen LogP contribution < -0.4 is 10.6 Å². The Labute approximate surface area is 177 Å². The number of rotatable bonds is 8. The molecule has 30 heavy (non-hydrogen) atoms. The molecule has 2 atom stereocenters. The predicted octanol–water partition coefficient (Wildman–Crippen LogP) is 1.67. The number of alkyl carbamates (subject to hydrolysis) is 1. The highest BCUT2D eigenvalue weighted by molar-refractivity contribution is 6.02. The van der Waals surface area contributed by atoms with Gasteiger partial charge in [0.1, 0.15) is 17.7 Å². The molecule has 1 heterocycles. The standard InChI is InChI=1S/C20H33N3O7/c1-11(2)10-13(18(27)30-23-14(24)8-9-15(23)25)21-17(26)16(12(3)4)22-19(28)29-20(5,6)7/h11-13,16H,8-10H2,1-7H3,(H,21,26)(H,22,28)/t13-,16+/m1/s1. The molecule has 1 saturated heterocycles. The Hall–Kier alpha value is -2.65. The molecule has 1 rings (SSSR count). The summed E-state index contributed by atoms with van der Waals surface area (Å²) in [5.74, 6) is -3.01. The van der Waals surface area contributed by atoms with Gasteiger partial charge in [-0.3, -0.25) is 14.4 Å². The quantitative estimate of drug-likeness (QED) is 0.563. The van der Waals surface area contributed by atoms with Gasteiger partial charge in [0.25, 0.3) is 11.8 Å². The monoisotopic (exact) mass is 427 g/mol. The van der Waals surface area contributed by atoms with Crippen molar-refractivity contribution in [1.29, 1.82) is 0 Å². The van der Waals surface area contributed by atoms with E-state index in [0.717, 1.165) is 0 Å². The fourth-order valence-electron chi connectivity index (χ4n) is 2.73. The van der Waals surface area contributed by atoms with Gasteiger partial charge in [-0.1, -0.05) is 27.7 Å². The minimum atomic E-state index is -1.10. The van der Waals surface area contributed by atoms with Crippen LogP contribution in [0.3, 0.4) is 0 Å². The maximum Gasteiger partial charge on any atom is 0.408 e. The largest absolute Gasteiger partial charge is 0.444 e. The summed E-state index contributed by atoms with van der Waals surface area (Å²) in [6.45, 7) is 12.3. The summed E-state index contributed by atoms with van der Waals surface area (Å²) < 4.78 is 5.19. The smallest absolute Gasteiger partial charge is 0.408 e. The van der Waals surface area contributed by atoms with E-state index < -0.39 is 47.5 Å². The van der Waals surface area contributed by atoms with Crippen LogP contribution in [0.5, 0.6) is 0 Å². The molecule has 2 N–H and O–H groups in total. The summed E-state index contributed by atoms with van der Waals surface area (Å²) in [4.78, 5) is 65.8. The normalized spacial score (nSPS) is 16.5. The van der Waals surface area contributed by atoms with E-state index in [-0.39, 0.29) is 31.1 Å². The van der Waals surface area contributed by atoms with Gasteiger partial charge in [0.05, 0.1) is 0 Å². The summed E-state index contributed by atoms with van der Waals surface area (Å²) in [5.41, 5.74) is -0.735. The van der Waals surface area contributed by atoms with E-state index in [4.69, 9.17) is 9.57 Å². The summed E-state index contributed by atoms with van der Waals surface area (Å²) in [6, 6.07) is -2.06. The Morgan fingerprint density at radius 3 is 1.97 bits per heavy atom. The lowest BCUT2D eigenvalue weighted by molar-refractivity contribution is -0.199. The minimum absolute atomic E-state index is 0.00384. The molecule has 0 aliphatic carbocycles. The molecule has 0 saturated carbocycles. The van der Waals surface area contributed by atoms with Crippen molar-refractivity contribution in [1.82, 2.24) is 15.7 Å². The fraction of sp³-hybridized carbons (Fsp3) is 0.750. The zero-order valence-corrected chi connectivity index (χ0v) is 18.7. The average Bonchev–Trinajstić information content (AvgIpc) is 2.88. The summed E-state index contributed by atoms with van der Waals surface area (Å²) >= 11 is 0. The zero-order chi connectivity index (χ0) is 23.2. The third kappa shape index (κ3) is 8.00. The molecule has 10 nitrogen and oxygen atoms in total. The van der Waals surface area contributed by atoms with Gasteiger partial charge in [-0.15, -0.1) is 5.06 Å². The van der Waals surface area contributed by atoms with Crippen LogP contribution in [0.1, 0.15) is 67.7 Å². The highest BCUT2D eigenvalue weighted by Crippen LogP contribution is 2.15. The molecule has 4 amide bonds. The second-order valence-corrected chi connectivity index (χ2v) is 9.05. The first kappa shape index (κ1) is 25.4. The maximum absolute atomic E-state index is 12.8. The number of nitrogens with zero attached hydrogens (tertiary/aromatic N) is 1. The van der Waals surface area contributed by atoms with Crippen LogP contribution in [0.15, 0.2) is 0 Å². The molecule has 1 fully saturated rings. The second kappa shape index (κ2) is 10.4. The number of hydroxylamine groups is 2. The highest BCUT2D eigenvalue weighted by Gasteiger charge is 2.36. The number of carbonyl (C=O) groups excluding carboxylic acids is 5. The Bertz CT molecular complexity index is 666. The third-order valence-electron chi connectivity index (χ3n) is 4.12. The molecule has 0 spiro atoms.